The van der Waals surface area contributed by atoms with E-state index >= 15 is 0 Å². The van der Waals surface area contributed by atoms with E-state index in [1.165, 1.54) is 10.6 Å². The summed E-state index contributed by atoms with van der Waals surface area (Å²) in [5, 5.41) is 12.3. The molecule has 4 heterocycles. The number of thiophene rings is 1. The molecule has 28 heavy (non-hydrogen) atoms. The van der Waals surface area contributed by atoms with Gasteiger partial charge in [0.05, 0.1) is 12.2 Å². The van der Waals surface area contributed by atoms with E-state index in [-0.39, 0.29) is 17.7 Å². The molecule has 2 aliphatic heterocycles. The Morgan fingerprint density at radius 1 is 1.21 bits per heavy atom. The summed E-state index contributed by atoms with van der Waals surface area (Å²) in [4.78, 5) is 14.9. The Bertz CT molecular complexity index is 917. The quantitative estimate of drug-likeness (QED) is 0.746. The number of likely N-dealkylation sites (tertiary alicyclic amines) is 1. The number of piperidine rings is 2. The van der Waals surface area contributed by atoms with Gasteiger partial charge in [-0.15, -0.1) is 10.2 Å². The Labute approximate surface area is 168 Å². The lowest BCUT2D eigenvalue weighted by atomic mass is 9.93. The van der Waals surface area contributed by atoms with E-state index < -0.39 is 10.0 Å². The van der Waals surface area contributed by atoms with Crippen LogP contribution in [0.2, 0.25) is 0 Å². The molecule has 0 bridgehead atoms. The Morgan fingerprint density at radius 2 is 2.00 bits per heavy atom. The highest BCUT2D eigenvalue weighted by atomic mass is 32.2. The van der Waals surface area contributed by atoms with Crippen molar-refractivity contribution >= 4 is 27.3 Å². The van der Waals surface area contributed by atoms with Gasteiger partial charge in [0.2, 0.25) is 27.7 Å². The minimum Gasteiger partial charge on any atom is -0.420 e. The first-order chi connectivity index (χ1) is 13.4. The van der Waals surface area contributed by atoms with Crippen molar-refractivity contribution in [3.8, 4) is 11.5 Å². The highest BCUT2D eigenvalue weighted by Crippen LogP contribution is 2.31. The SMILES string of the molecule is CS(=O)(=O)N1CCC(C(=O)N2CCCC(c3nnc(-c4ccsc4)o3)C2)CC1. The molecule has 0 radical (unpaired) electrons. The standard InChI is InChI=1S/C18H24N4O4S2/c1-28(24,25)22-8-4-13(5-9-22)18(23)21-7-2-3-14(11-21)16-19-20-17(26-16)15-6-10-27-12-15/h6,10,12-14H,2-5,7-9,11H2,1H3. The highest BCUT2D eigenvalue weighted by Gasteiger charge is 2.34. The summed E-state index contributed by atoms with van der Waals surface area (Å²) >= 11 is 1.58. The number of nitrogens with zero attached hydrogens (tertiary/aromatic N) is 4. The molecule has 152 valence electrons. The van der Waals surface area contributed by atoms with Crippen molar-refractivity contribution in [1.82, 2.24) is 19.4 Å². The molecule has 1 unspecified atom stereocenters. The van der Waals surface area contributed by atoms with Crippen molar-refractivity contribution in [2.75, 3.05) is 32.4 Å². The van der Waals surface area contributed by atoms with Crippen molar-refractivity contribution in [3.05, 3.63) is 22.7 Å². The van der Waals surface area contributed by atoms with E-state index in [1.54, 1.807) is 11.3 Å². The van der Waals surface area contributed by atoms with Crippen molar-refractivity contribution in [2.45, 2.75) is 31.6 Å². The van der Waals surface area contributed by atoms with Gasteiger partial charge in [-0.05, 0) is 37.1 Å². The zero-order valence-electron chi connectivity index (χ0n) is 15.8. The van der Waals surface area contributed by atoms with Crippen LogP contribution in [0.5, 0.6) is 0 Å². The third kappa shape index (κ3) is 4.13. The van der Waals surface area contributed by atoms with Crippen LogP contribution in [0.15, 0.2) is 21.2 Å². The van der Waals surface area contributed by atoms with E-state index in [2.05, 4.69) is 10.2 Å². The van der Waals surface area contributed by atoms with E-state index in [0.29, 0.717) is 44.3 Å². The number of carbonyl (C=O) groups excluding carboxylic acids is 1. The molecule has 10 heteroatoms. The van der Waals surface area contributed by atoms with Crippen LogP contribution < -0.4 is 0 Å². The van der Waals surface area contributed by atoms with E-state index in [9.17, 15) is 13.2 Å². The van der Waals surface area contributed by atoms with Crippen LogP contribution in [0.4, 0.5) is 0 Å². The fourth-order valence-corrected chi connectivity index (χ4v) is 5.48. The first-order valence-corrected chi connectivity index (χ1v) is 12.3. The Balaban J connectivity index is 1.38. The van der Waals surface area contributed by atoms with Crippen molar-refractivity contribution in [3.63, 3.8) is 0 Å². The molecular formula is C18H24N4O4S2. The maximum atomic E-state index is 13.0. The van der Waals surface area contributed by atoms with Gasteiger partial charge in [-0.25, -0.2) is 12.7 Å². The maximum absolute atomic E-state index is 13.0. The molecule has 2 fully saturated rings. The summed E-state index contributed by atoms with van der Waals surface area (Å²) < 4.78 is 30.6. The molecule has 0 aromatic carbocycles. The summed E-state index contributed by atoms with van der Waals surface area (Å²) in [6, 6.07) is 1.95. The van der Waals surface area contributed by atoms with Crippen LogP contribution in [0.1, 0.15) is 37.5 Å². The van der Waals surface area contributed by atoms with Gasteiger partial charge < -0.3 is 9.32 Å². The predicted octanol–water partition coefficient (Wildman–Crippen LogP) is 2.18. The molecule has 0 aliphatic carbocycles. The normalized spacial score (nSPS) is 22.5. The summed E-state index contributed by atoms with van der Waals surface area (Å²) in [6.45, 7) is 2.14. The van der Waals surface area contributed by atoms with Crippen LogP contribution in [0.25, 0.3) is 11.5 Å². The second-order valence-corrected chi connectivity index (χ2v) is 10.3. The summed E-state index contributed by atoms with van der Waals surface area (Å²) in [5.41, 5.74) is 0.921. The van der Waals surface area contributed by atoms with Crippen LogP contribution in [0, 0.1) is 5.92 Å². The molecule has 0 spiro atoms. The van der Waals surface area contributed by atoms with Gasteiger partial charge in [-0.1, -0.05) is 0 Å². The number of hydrogen-bond acceptors (Lipinski definition) is 7. The number of amides is 1. The first-order valence-electron chi connectivity index (χ1n) is 9.51. The molecule has 2 saturated heterocycles. The van der Waals surface area contributed by atoms with Gasteiger partial charge in [-0.2, -0.15) is 11.3 Å². The topological polar surface area (TPSA) is 96.6 Å². The molecule has 8 nitrogen and oxygen atoms in total. The van der Waals surface area contributed by atoms with Crippen LogP contribution in [-0.2, 0) is 14.8 Å². The fourth-order valence-electron chi connectivity index (χ4n) is 3.97. The molecule has 0 N–H and O–H groups in total. The molecule has 2 aliphatic rings. The van der Waals surface area contributed by atoms with Crippen LogP contribution in [-0.4, -0.2) is 66.2 Å². The smallest absolute Gasteiger partial charge is 0.248 e. The van der Waals surface area contributed by atoms with Gasteiger partial charge in [0.15, 0.2) is 0 Å². The lowest BCUT2D eigenvalue weighted by molar-refractivity contribution is -0.138. The van der Waals surface area contributed by atoms with Crippen molar-refractivity contribution in [1.29, 1.82) is 0 Å². The summed E-state index contributed by atoms with van der Waals surface area (Å²) in [5.74, 6) is 1.17. The first kappa shape index (κ1) is 19.5. The fraction of sp³-hybridized carbons (Fsp3) is 0.611. The zero-order valence-corrected chi connectivity index (χ0v) is 17.4. The second kappa shape index (κ2) is 7.92. The van der Waals surface area contributed by atoms with E-state index in [0.717, 1.165) is 24.9 Å². The molecule has 1 amide bonds. The monoisotopic (exact) mass is 424 g/mol. The van der Waals surface area contributed by atoms with Gasteiger partial charge in [0.25, 0.3) is 0 Å². The van der Waals surface area contributed by atoms with Crippen molar-refractivity contribution in [2.24, 2.45) is 5.92 Å². The number of rotatable bonds is 4. The Hall–Kier alpha value is -1.78. The highest BCUT2D eigenvalue weighted by molar-refractivity contribution is 7.88. The number of hydrogen-bond donors (Lipinski definition) is 0. The molecule has 4 rings (SSSR count). The average molecular weight is 425 g/mol. The third-order valence-electron chi connectivity index (χ3n) is 5.56. The number of sulfonamides is 1. The molecule has 2 aromatic heterocycles. The van der Waals surface area contributed by atoms with Crippen LogP contribution >= 0.6 is 11.3 Å². The van der Waals surface area contributed by atoms with Gasteiger partial charge >= 0.3 is 0 Å². The average Bonchev–Trinajstić information content (AvgIpc) is 3.38. The van der Waals surface area contributed by atoms with E-state index in [4.69, 9.17) is 4.42 Å². The second-order valence-electron chi connectivity index (χ2n) is 7.52. The Kier molecular flexibility index (Phi) is 5.52. The van der Waals surface area contributed by atoms with Gasteiger partial charge in [0.1, 0.15) is 0 Å². The minimum absolute atomic E-state index is 0.0497. The molecule has 1 atom stereocenters. The Morgan fingerprint density at radius 3 is 2.68 bits per heavy atom. The third-order valence-corrected chi connectivity index (χ3v) is 7.55. The van der Waals surface area contributed by atoms with E-state index in [1.807, 2.05) is 21.7 Å². The lowest BCUT2D eigenvalue weighted by Crippen LogP contribution is -2.46. The molecule has 2 aromatic rings. The lowest BCUT2D eigenvalue weighted by Gasteiger charge is -2.36. The van der Waals surface area contributed by atoms with Crippen molar-refractivity contribution < 1.29 is 17.6 Å². The van der Waals surface area contributed by atoms with Gasteiger partial charge in [-0.3, -0.25) is 4.79 Å². The largest absolute Gasteiger partial charge is 0.420 e. The van der Waals surface area contributed by atoms with Gasteiger partial charge in [0, 0.05) is 43.0 Å². The predicted molar refractivity (Wildman–Crippen MR) is 105 cm³/mol. The number of carbonyl (C=O) groups is 1. The summed E-state index contributed by atoms with van der Waals surface area (Å²) in [6.07, 6.45) is 4.20. The maximum Gasteiger partial charge on any atom is 0.248 e. The molecular weight excluding hydrogens is 400 g/mol. The molecule has 0 saturated carbocycles. The minimum atomic E-state index is -3.18. The number of aromatic nitrogens is 2. The van der Waals surface area contributed by atoms with Crippen LogP contribution in [0.3, 0.4) is 0 Å². The zero-order chi connectivity index (χ0) is 19.7. The summed E-state index contributed by atoms with van der Waals surface area (Å²) in [7, 11) is -3.18.